The van der Waals surface area contributed by atoms with Crippen LogP contribution in [0.2, 0.25) is 5.02 Å². The van der Waals surface area contributed by atoms with Crippen LogP contribution >= 0.6 is 11.6 Å². The van der Waals surface area contributed by atoms with E-state index in [-0.39, 0.29) is 10.7 Å². The molecule has 0 saturated heterocycles. The van der Waals surface area contributed by atoms with Gasteiger partial charge in [0.1, 0.15) is 4.90 Å². The van der Waals surface area contributed by atoms with Gasteiger partial charge in [0.25, 0.3) is 10.0 Å². The molecule has 0 atom stereocenters. The molecule has 0 amide bonds. The van der Waals surface area contributed by atoms with Crippen molar-refractivity contribution in [3.05, 3.63) is 53.1 Å². The highest BCUT2D eigenvalue weighted by Gasteiger charge is 2.24. The van der Waals surface area contributed by atoms with Crippen LogP contribution in [0.5, 0.6) is 0 Å². The van der Waals surface area contributed by atoms with Gasteiger partial charge in [-0.05, 0) is 18.2 Å². The summed E-state index contributed by atoms with van der Waals surface area (Å²) in [7, 11) is -4.46. The molecular weight excluding hydrogens is 317 g/mol. The van der Waals surface area contributed by atoms with Crippen molar-refractivity contribution in [1.82, 2.24) is 4.98 Å². The lowest BCUT2D eigenvalue weighted by Gasteiger charge is -2.10. The number of sulfonamides is 1. The molecule has 20 heavy (non-hydrogen) atoms. The summed E-state index contributed by atoms with van der Waals surface area (Å²) >= 11 is 5.72. The quantitative estimate of drug-likeness (QED) is 0.884. The maximum Gasteiger partial charge on any atom is 0.265 e. The molecule has 9 heteroatoms. The van der Waals surface area contributed by atoms with Crippen LogP contribution in [0.25, 0.3) is 0 Å². The third-order valence-corrected chi connectivity index (χ3v) is 4.01. The monoisotopic (exact) mass is 322 g/mol. The normalized spacial score (nSPS) is 11.4. The van der Waals surface area contributed by atoms with Gasteiger partial charge in [-0.15, -0.1) is 0 Å². The maximum atomic E-state index is 13.5. The first kappa shape index (κ1) is 14.6. The molecule has 0 fully saturated rings. The third-order valence-electron chi connectivity index (χ3n) is 2.30. The SMILES string of the molecule is O=S(=O)(Nc1cnccc1Cl)c1ccc(F)c(F)c1F. The van der Waals surface area contributed by atoms with Gasteiger partial charge in [-0.2, -0.15) is 0 Å². The number of rotatable bonds is 3. The third kappa shape index (κ3) is 2.70. The van der Waals surface area contributed by atoms with Crippen molar-refractivity contribution in [3.63, 3.8) is 0 Å². The average molecular weight is 323 g/mol. The van der Waals surface area contributed by atoms with Gasteiger partial charge in [-0.1, -0.05) is 11.6 Å². The fraction of sp³-hybridized carbons (Fsp3) is 0. The van der Waals surface area contributed by atoms with Gasteiger partial charge < -0.3 is 0 Å². The summed E-state index contributed by atoms with van der Waals surface area (Å²) in [6.45, 7) is 0. The Balaban J connectivity index is 2.47. The van der Waals surface area contributed by atoms with Crippen molar-refractivity contribution < 1.29 is 21.6 Å². The van der Waals surface area contributed by atoms with E-state index in [1.807, 2.05) is 4.72 Å². The fourth-order valence-corrected chi connectivity index (χ4v) is 2.71. The van der Waals surface area contributed by atoms with E-state index in [1.54, 1.807) is 0 Å². The number of aromatic nitrogens is 1. The predicted molar refractivity (Wildman–Crippen MR) is 66.4 cm³/mol. The Bertz CT molecular complexity index is 768. The van der Waals surface area contributed by atoms with Crippen molar-refractivity contribution in [3.8, 4) is 0 Å². The maximum absolute atomic E-state index is 13.5. The fourth-order valence-electron chi connectivity index (χ4n) is 1.37. The van der Waals surface area contributed by atoms with Crippen LogP contribution in [0.3, 0.4) is 0 Å². The number of hydrogen-bond donors (Lipinski definition) is 1. The molecule has 0 bridgehead atoms. The lowest BCUT2D eigenvalue weighted by molar-refractivity contribution is 0.432. The molecule has 106 valence electrons. The molecule has 0 spiro atoms. The Morgan fingerprint density at radius 1 is 1.10 bits per heavy atom. The molecular formula is C11H6ClF3N2O2S. The van der Waals surface area contributed by atoms with E-state index < -0.39 is 32.4 Å². The number of halogens is 4. The van der Waals surface area contributed by atoms with Crippen LogP contribution < -0.4 is 4.72 Å². The summed E-state index contributed by atoms with van der Waals surface area (Å²) in [4.78, 5) is 2.61. The highest BCUT2D eigenvalue weighted by molar-refractivity contribution is 7.92. The first-order valence-corrected chi connectivity index (χ1v) is 6.95. The molecule has 0 unspecified atom stereocenters. The van der Waals surface area contributed by atoms with Crippen LogP contribution in [0.15, 0.2) is 35.5 Å². The largest absolute Gasteiger partial charge is 0.276 e. The summed E-state index contributed by atoms with van der Waals surface area (Å²) in [6.07, 6.45) is 2.41. The van der Waals surface area contributed by atoms with E-state index >= 15 is 0 Å². The molecule has 1 aromatic carbocycles. The molecule has 1 aromatic heterocycles. The van der Waals surface area contributed by atoms with Gasteiger partial charge in [-0.3, -0.25) is 9.71 Å². The van der Waals surface area contributed by atoms with Crippen LogP contribution in [0, 0.1) is 17.5 Å². The van der Waals surface area contributed by atoms with Gasteiger partial charge in [0, 0.05) is 6.20 Å². The number of hydrogen-bond acceptors (Lipinski definition) is 3. The summed E-state index contributed by atoms with van der Waals surface area (Å²) in [5.41, 5.74) is -0.113. The first-order chi connectivity index (χ1) is 9.33. The molecule has 0 aliphatic heterocycles. The highest BCUT2D eigenvalue weighted by Crippen LogP contribution is 2.25. The molecule has 0 saturated carbocycles. The zero-order valence-electron chi connectivity index (χ0n) is 9.57. The summed E-state index contributed by atoms with van der Waals surface area (Å²) < 4.78 is 65.1. The lowest BCUT2D eigenvalue weighted by Crippen LogP contribution is -2.16. The van der Waals surface area contributed by atoms with Crippen LogP contribution in [-0.4, -0.2) is 13.4 Å². The van der Waals surface area contributed by atoms with E-state index in [0.29, 0.717) is 12.1 Å². The van der Waals surface area contributed by atoms with Crippen LogP contribution in [0.1, 0.15) is 0 Å². The standard InChI is InChI=1S/C11H6ClF3N2O2S/c12-6-3-4-16-5-8(6)17-20(18,19)9-2-1-7(13)10(14)11(9)15/h1-5,17H. The summed E-state index contributed by atoms with van der Waals surface area (Å²) in [5, 5.41) is 0.0200. The van der Waals surface area contributed by atoms with Crippen molar-refractivity contribution in [1.29, 1.82) is 0 Å². The Labute approximate surface area is 117 Å². The van der Waals surface area contributed by atoms with Crippen LogP contribution in [0.4, 0.5) is 18.9 Å². The van der Waals surface area contributed by atoms with Crippen molar-refractivity contribution in [2.24, 2.45) is 0 Å². The summed E-state index contributed by atoms with van der Waals surface area (Å²) in [5.74, 6) is -5.16. The highest BCUT2D eigenvalue weighted by atomic mass is 35.5. The Hall–Kier alpha value is -1.80. The van der Waals surface area contributed by atoms with Crippen molar-refractivity contribution >= 4 is 27.3 Å². The molecule has 2 aromatic rings. The number of pyridine rings is 1. The second kappa shape index (κ2) is 5.29. The molecule has 1 N–H and O–H groups in total. The van der Waals surface area contributed by atoms with Crippen molar-refractivity contribution in [2.75, 3.05) is 4.72 Å². The topological polar surface area (TPSA) is 59.1 Å². The van der Waals surface area contributed by atoms with Gasteiger partial charge in [0.05, 0.1) is 16.9 Å². The smallest absolute Gasteiger partial charge is 0.265 e. The molecule has 0 aliphatic rings. The zero-order valence-corrected chi connectivity index (χ0v) is 11.1. The lowest BCUT2D eigenvalue weighted by atomic mass is 10.3. The van der Waals surface area contributed by atoms with Gasteiger partial charge >= 0.3 is 0 Å². The minimum absolute atomic E-state index is 0.0200. The number of anilines is 1. The minimum atomic E-state index is -4.46. The molecule has 1 heterocycles. The second-order valence-electron chi connectivity index (χ2n) is 3.63. The van der Waals surface area contributed by atoms with Gasteiger partial charge in [-0.25, -0.2) is 21.6 Å². The van der Waals surface area contributed by atoms with E-state index in [9.17, 15) is 21.6 Å². The Morgan fingerprint density at radius 3 is 2.45 bits per heavy atom. The van der Waals surface area contributed by atoms with Crippen molar-refractivity contribution in [2.45, 2.75) is 4.90 Å². The average Bonchev–Trinajstić information content (AvgIpc) is 2.38. The number of nitrogens with zero attached hydrogens (tertiary/aromatic N) is 1. The summed E-state index contributed by atoms with van der Waals surface area (Å²) in [6, 6.07) is 2.43. The Morgan fingerprint density at radius 2 is 1.80 bits per heavy atom. The van der Waals surface area contributed by atoms with E-state index in [1.165, 1.54) is 12.3 Å². The molecule has 0 radical (unpaired) electrons. The molecule has 2 rings (SSSR count). The first-order valence-electron chi connectivity index (χ1n) is 5.09. The molecule has 4 nitrogen and oxygen atoms in total. The second-order valence-corrected chi connectivity index (χ2v) is 5.69. The predicted octanol–water partition coefficient (Wildman–Crippen LogP) is 2.95. The van der Waals surface area contributed by atoms with Gasteiger partial charge in [0.2, 0.25) is 0 Å². The van der Waals surface area contributed by atoms with E-state index in [2.05, 4.69) is 4.98 Å². The van der Waals surface area contributed by atoms with E-state index in [4.69, 9.17) is 11.6 Å². The zero-order chi connectivity index (χ0) is 14.9. The molecule has 0 aliphatic carbocycles. The van der Waals surface area contributed by atoms with E-state index in [0.717, 1.165) is 6.20 Å². The number of benzene rings is 1. The van der Waals surface area contributed by atoms with Crippen LogP contribution in [-0.2, 0) is 10.0 Å². The Kier molecular flexibility index (Phi) is 3.87. The minimum Gasteiger partial charge on any atom is -0.276 e. The van der Waals surface area contributed by atoms with Gasteiger partial charge in [0.15, 0.2) is 17.5 Å². The number of nitrogens with one attached hydrogen (secondary N) is 1.